The van der Waals surface area contributed by atoms with Gasteiger partial charge in [0.25, 0.3) is 0 Å². The van der Waals surface area contributed by atoms with Gasteiger partial charge in [0.1, 0.15) is 0 Å². The standard InChI is InChI=1S/C22H23N3O2/c1-22(2,3)17-7-9-18(10-8-17)24-21(27)16-12-20(26)25(14-16)19-6-4-5-15(11-19)13-23/h4-11,16H,12,14H2,1-3H3,(H,24,27). The predicted molar refractivity (Wildman–Crippen MR) is 105 cm³/mol. The summed E-state index contributed by atoms with van der Waals surface area (Å²) in [7, 11) is 0. The maximum Gasteiger partial charge on any atom is 0.229 e. The number of nitrogens with one attached hydrogen (secondary N) is 1. The minimum absolute atomic E-state index is 0.0544. The van der Waals surface area contributed by atoms with E-state index in [-0.39, 0.29) is 23.7 Å². The molecule has 0 bridgehead atoms. The molecule has 0 saturated carbocycles. The van der Waals surface area contributed by atoms with Gasteiger partial charge in [-0.25, -0.2) is 0 Å². The van der Waals surface area contributed by atoms with Crippen molar-refractivity contribution in [1.82, 2.24) is 0 Å². The van der Waals surface area contributed by atoms with Gasteiger partial charge in [-0.2, -0.15) is 5.26 Å². The Balaban J connectivity index is 1.68. The highest BCUT2D eigenvalue weighted by molar-refractivity contribution is 6.03. The molecule has 1 aliphatic rings. The molecule has 5 nitrogen and oxygen atoms in total. The summed E-state index contributed by atoms with van der Waals surface area (Å²) in [5.74, 6) is -0.676. The second-order valence-corrected chi connectivity index (χ2v) is 7.88. The average molecular weight is 361 g/mol. The molecule has 1 unspecified atom stereocenters. The van der Waals surface area contributed by atoms with E-state index in [4.69, 9.17) is 5.26 Å². The monoisotopic (exact) mass is 361 g/mol. The van der Waals surface area contributed by atoms with Gasteiger partial charge in [0.2, 0.25) is 11.8 Å². The van der Waals surface area contributed by atoms with E-state index in [1.165, 1.54) is 5.56 Å². The lowest BCUT2D eigenvalue weighted by Crippen LogP contribution is -2.28. The first-order chi connectivity index (χ1) is 12.8. The number of carbonyl (C=O) groups excluding carboxylic acids is 2. The Labute approximate surface area is 159 Å². The zero-order valence-electron chi connectivity index (χ0n) is 15.8. The molecule has 3 rings (SSSR count). The summed E-state index contributed by atoms with van der Waals surface area (Å²) < 4.78 is 0. The van der Waals surface area contributed by atoms with Crippen molar-refractivity contribution in [3.63, 3.8) is 0 Å². The van der Waals surface area contributed by atoms with Crippen LogP contribution >= 0.6 is 0 Å². The first kappa shape index (κ1) is 18.7. The third kappa shape index (κ3) is 4.17. The second kappa shape index (κ2) is 7.24. The van der Waals surface area contributed by atoms with Crippen LogP contribution in [0.4, 0.5) is 11.4 Å². The topological polar surface area (TPSA) is 73.2 Å². The molecule has 0 spiro atoms. The van der Waals surface area contributed by atoms with Crippen LogP contribution in [0.25, 0.3) is 0 Å². The summed E-state index contributed by atoms with van der Waals surface area (Å²) in [4.78, 5) is 26.5. The van der Waals surface area contributed by atoms with Crippen molar-refractivity contribution < 1.29 is 9.59 Å². The molecule has 2 aromatic carbocycles. The van der Waals surface area contributed by atoms with Crippen LogP contribution in [0.3, 0.4) is 0 Å². The Hall–Kier alpha value is -3.13. The van der Waals surface area contributed by atoms with Crippen LogP contribution in [-0.2, 0) is 15.0 Å². The van der Waals surface area contributed by atoms with Crippen molar-refractivity contribution >= 4 is 23.2 Å². The number of nitrogens with zero attached hydrogens (tertiary/aromatic N) is 2. The molecule has 1 saturated heterocycles. The highest BCUT2D eigenvalue weighted by atomic mass is 16.2. The quantitative estimate of drug-likeness (QED) is 0.902. The number of carbonyl (C=O) groups is 2. The molecule has 1 N–H and O–H groups in total. The van der Waals surface area contributed by atoms with E-state index in [1.807, 2.05) is 24.3 Å². The third-order valence-corrected chi connectivity index (χ3v) is 4.80. The van der Waals surface area contributed by atoms with Crippen LogP contribution in [-0.4, -0.2) is 18.4 Å². The molecule has 1 atom stereocenters. The van der Waals surface area contributed by atoms with Gasteiger partial charge in [0.05, 0.1) is 17.6 Å². The van der Waals surface area contributed by atoms with Gasteiger partial charge >= 0.3 is 0 Å². The lowest BCUT2D eigenvalue weighted by atomic mass is 9.87. The van der Waals surface area contributed by atoms with Crippen LogP contribution in [0.1, 0.15) is 38.3 Å². The van der Waals surface area contributed by atoms with Crippen LogP contribution in [0.15, 0.2) is 48.5 Å². The summed E-state index contributed by atoms with van der Waals surface area (Å²) >= 11 is 0. The zero-order chi connectivity index (χ0) is 19.6. The number of benzene rings is 2. The summed E-state index contributed by atoms with van der Waals surface area (Å²) in [6, 6.07) is 16.8. The van der Waals surface area contributed by atoms with E-state index < -0.39 is 5.92 Å². The van der Waals surface area contributed by atoms with Gasteiger partial charge in [-0.15, -0.1) is 0 Å². The molecule has 1 heterocycles. The summed E-state index contributed by atoms with van der Waals surface area (Å²) in [5, 5.41) is 11.9. The summed E-state index contributed by atoms with van der Waals surface area (Å²) in [6.07, 6.45) is 0.169. The Morgan fingerprint density at radius 2 is 1.89 bits per heavy atom. The minimum Gasteiger partial charge on any atom is -0.326 e. The molecular weight excluding hydrogens is 338 g/mol. The highest BCUT2D eigenvalue weighted by Gasteiger charge is 2.35. The number of hydrogen-bond donors (Lipinski definition) is 1. The van der Waals surface area contributed by atoms with Gasteiger partial charge in [0, 0.05) is 24.3 Å². The molecule has 0 radical (unpaired) electrons. The van der Waals surface area contributed by atoms with Crippen LogP contribution < -0.4 is 10.2 Å². The smallest absolute Gasteiger partial charge is 0.229 e. The molecule has 2 amide bonds. The van der Waals surface area contributed by atoms with Crippen molar-refractivity contribution in [2.75, 3.05) is 16.8 Å². The number of nitriles is 1. The van der Waals surface area contributed by atoms with Gasteiger partial charge < -0.3 is 10.2 Å². The predicted octanol–water partition coefficient (Wildman–Crippen LogP) is 3.85. The molecule has 1 aliphatic heterocycles. The third-order valence-electron chi connectivity index (χ3n) is 4.80. The highest BCUT2D eigenvalue weighted by Crippen LogP contribution is 2.27. The van der Waals surface area contributed by atoms with Crippen molar-refractivity contribution in [2.24, 2.45) is 5.92 Å². The van der Waals surface area contributed by atoms with E-state index in [1.54, 1.807) is 29.2 Å². The largest absolute Gasteiger partial charge is 0.326 e. The Morgan fingerprint density at radius 3 is 2.52 bits per heavy atom. The molecule has 0 aromatic heterocycles. The van der Waals surface area contributed by atoms with Crippen LogP contribution in [0.2, 0.25) is 0 Å². The maximum atomic E-state index is 12.6. The average Bonchev–Trinajstić information content (AvgIpc) is 3.03. The number of hydrogen-bond acceptors (Lipinski definition) is 3. The van der Waals surface area contributed by atoms with Crippen molar-refractivity contribution in [3.05, 3.63) is 59.7 Å². The molecule has 0 aliphatic carbocycles. The van der Waals surface area contributed by atoms with Crippen molar-refractivity contribution in [3.8, 4) is 6.07 Å². The molecule has 138 valence electrons. The fraction of sp³-hybridized carbons (Fsp3) is 0.318. The number of rotatable bonds is 3. The SMILES string of the molecule is CC(C)(C)c1ccc(NC(=O)C2CC(=O)N(c3cccc(C#N)c3)C2)cc1. The lowest BCUT2D eigenvalue weighted by molar-refractivity contribution is -0.122. The Morgan fingerprint density at radius 1 is 1.19 bits per heavy atom. The number of amides is 2. The van der Waals surface area contributed by atoms with Gasteiger partial charge in [0.15, 0.2) is 0 Å². The fourth-order valence-electron chi connectivity index (χ4n) is 3.17. The second-order valence-electron chi connectivity index (χ2n) is 7.88. The first-order valence-corrected chi connectivity index (χ1v) is 9.00. The first-order valence-electron chi connectivity index (χ1n) is 9.00. The maximum absolute atomic E-state index is 12.6. The van der Waals surface area contributed by atoms with Crippen LogP contribution in [0, 0.1) is 17.2 Å². The molecule has 27 heavy (non-hydrogen) atoms. The number of anilines is 2. The van der Waals surface area contributed by atoms with Gasteiger partial charge in [-0.3, -0.25) is 9.59 Å². The Bertz CT molecular complexity index is 904. The Kier molecular flexibility index (Phi) is 5.00. The van der Waals surface area contributed by atoms with E-state index in [0.29, 0.717) is 17.8 Å². The molecule has 1 fully saturated rings. The van der Waals surface area contributed by atoms with E-state index in [9.17, 15) is 9.59 Å². The van der Waals surface area contributed by atoms with E-state index in [0.717, 1.165) is 5.69 Å². The van der Waals surface area contributed by atoms with Gasteiger partial charge in [-0.05, 0) is 41.3 Å². The van der Waals surface area contributed by atoms with Crippen molar-refractivity contribution in [1.29, 1.82) is 5.26 Å². The molecular formula is C22H23N3O2. The molecule has 2 aromatic rings. The lowest BCUT2D eigenvalue weighted by Gasteiger charge is -2.19. The van der Waals surface area contributed by atoms with E-state index in [2.05, 4.69) is 32.2 Å². The van der Waals surface area contributed by atoms with Crippen molar-refractivity contribution in [2.45, 2.75) is 32.6 Å². The normalized spacial score (nSPS) is 16.9. The molecule has 5 heteroatoms. The zero-order valence-corrected chi connectivity index (χ0v) is 15.8. The van der Waals surface area contributed by atoms with Gasteiger partial charge in [-0.1, -0.05) is 39.0 Å². The summed E-state index contributed by atoms with van der Waals surface area (Å²) in [6.45, 7) is 6.74. The minimum atomic E-state index is -0.412. The fourth-order valence-corrected chi connectivity index (χ4v) is 3.17. The van der Waals surface area contributed by atoms with E-state index >= 15 is 0 Å². The van der Waals surface area contributed by atoms with Crippen LogP contribution in [0.5, 0.6) is 0 Å². The summed E-state index contributed by atoms with van der Waals surface area (Å²) in [5.41, 5.74) is 3.13.